The van der Waals surface area contributed by atoms with Gasteiger partial charge >= 0.3 is 0 Å². The predicted octanol–water partition coefficient (Wildman–Crippen LogP) is 2.61. The third kappa shape index (κ3) is 1.71. The lowest BCUT2D eigenvalue weighted by Crippen LogP contribution is -1.95. The van der Waals surface area contributed by atoms with Crippen LogP contribution in [-0.2, 0) is 6.42 Å². The molecule has 0 radical (unpaired) electrons. The van der Waals surface area contributed by atoms with Crippen LogP contribution in [0, 0.1) is 0 Å². The SMILES string of the molecule is CCCc1nnc2sc(C(Cl)Cl)nn12. The molecule has 2 aromatic rings. The van der Waals surface area contributed by atoms with E-state index in [1.54, 1.807) is 4.52 Å². The van der Waals surface area contributed by atoms with Gasteiger partial charge in [-0.1, -0.05) is 41.5 Å². The Balaban J connectivity index is 2.45. The second-order valence-electron chi connectivity index (χ2n) is 2.80. The van der Waals surface area contributed by atoms with Crippen molar-refractivity contribution in [1.29, 1.82) is 0 Å². The molecular weight excluding hydrogens is 243 g/mol. The topological polar surface area (TPSA) is 43.1 Å². The molecule has 2 rings (SSSR count). The second kappa shape index (κ2) is 4.00. The van der Waals surface area contributed by atoms with E-state index in [1.165, 1.54) is 11.3 Å². The Morgan fingerprint density at radius 1 is 1.43 bits per heavy atom. The van der Waals surface area contributed by atoms with E-state index in [9.17, 15) is 0 Å². The number of hydrogen-bond acceptors (Lipinski definition) is 4. The number of aromatic nitrogens is 4. The summed E-state index contributed by atoms with van der Waals surface area (Å²) in [5.41, 5.74) is 0. The van der Waals surface area contributed by atoms with Gasteiger partial charge in [0.15, 0.2) is 15.7 Å². The van der Waals surface area contributed by atoms with Crippen molar-refractivity contribution in [2.24, 2.45) is 0 Å². The van der Waals surface area contributed by atoms with Gasteiger partial charge in [-0.05, 0) is 6.42 Å². The summed E-state index contributed by atoms with van der Waals surface area (Å²) in [6.45, 7) is 2.08. The summed E-state index contributed by atoms with van der Waals surface area (Å²) in [6.07, 6.45) is 1.87. The summed E-state index contributed by atoms with van der Waals surface area (Å²) >= 11 is 12.8. The molecule has 4 nitrogen and oxygen atoms in total. The largest absolute Gasteiger partial charge is 0.234 e. The highest BCUT2D eigenvalue weighted by molar-refractivity contribution is 7.17. The maximum absolute atomic E-state index is 5.71. The fourth-order valence-electron chi connectivity index (χ4n) is 1.14. The fourth-order valence-corrected chi connectivity index (χ4v) is 2.21. The van der Waals surface area contributed by atoms with Crippen molar-refractivity contribution < 1.29 is 0 Å². The minimum Gasteiger partial charge on any atom is -0.187 e. The lowest BCUT2D eigenvalue weighted by molar-refractivity contribution is 0.769. The van der Waals surface area contributed by atoms with Gasteiger partial charge < -0.3 is 0 Å². The van der Waals surface area contributed by atoms with Crippen molar-refractivity contribution >= 4 is 39.5 Å². The van der Waals surface area contributed by atoms with Gasteiger partial charge in [0.25, 0.3) is 0 Å². The molecule has 2 heterocycles. The molecule has 0 aromatic carbocycles. The Hall–Kier alpha value is -0.390. The molecule has 0 aliphatic carbocycles. The van der Waals surface area contributed by atoms with Crippen LogP contribution in [0.2, 0.25) is 0 Å². The smallest absolute Gasteiger partial charge is 0.187 e. The molecular formula is C7H8Cl2N4S. The molecule has 0 amide bonds. The van der Waals surface area contributed by atoms with Crippen molar-refractivity contribution in [2.45, 2.75) is 24.6 Å². The second-order valence-corrected chi connectivity index (χ2v) is 4.89. The van der Waals surface area contributed by atoms with Crippen LogP contribution in [0.1, 0.15) is 29.0 Å². The molecule has 2 aromatic heterocycles. The third-order valence-corrected chi connectivity index (χ3v) is 3.37. The molecule has 7 heteroatoms. The van der Waals surface area contributed by atoms with Crippen LogP contribution in [0.15, 0.2) is 0 Å². The Kier molecular flexibility index (Phi) is 2.90. The van der Waals surface area contributed by atoms with Crippen molar-refractivity contribution in [3.63, 3.8) is 0 Å². The first-order chi connectivity index (χ1) is 6.72. The molecule has 0 atom stereocenters. The minimum atomic E-state index is -0.587. The summed E-state index contributed by atoms with van der Waals surface area (Å²) in [7, 11) is 0. The number of fused-ring (bicyclic) bond motifs is 1. The number of halogens is 2. The first-order valence-corrected chi connectivity index (χ1v) is 5.90. The average Bonchev–Trinajstić information content (AvgIpc) is 2.67. The summed E-state index contributed by atoms with van der Waals surface area (Å²) in [4.78, 5) is 0.158. The van der Waals surface area contributed by atoms with E-state index < -0.39 is 4.84 Å². The third-order valence-electron chi connectivity index (χ3n) is 1.73. The molecule has 0 aliphatic heterocycles. The van der Waals surface area contributed by atoms with Crippen LogP contribution in [0.25, 0.3) is 4.96 Å². The van der Waals surface area contributed by atoms with Crippen LogP contribution < -0.4 is 0 Å². The Morgan fingerprint density at radius 2 is 2.21 bits per heavy atom. The van der Waals surface area contributed by atoms with Crippen molar-refractivity contribution in [3.05, 3.63) is 10.8 Å². The number of alkyl halides is 2. The number of nitrogens with zero attached hydrogens (tertiary/aromatic N) is 4. The van der Waals surface area contributed by atoms with Gasteiger partial charge in [-0.2, -0.15) is 9.61 Å². The van der Waals surface area contributed by atoms with Crippen LogP contribution in [0.3, 0.4) is 0 Å². The molecule has 0 N–H and O–H groups in total. The first kappa shape index (κ1) is 10.1. The van der Waals surface area contributed by atoms with Gasteiger partial charge in [-0.3, -0.25) is 0 Å². The highest BCUT2D eigenvalue weighted by Crippen LogP contribution is 2.28. The molecule has 0 unspecified atom stereocenters. The van der Waals surface area contributed by atoms with Gasteiger partial charge in [0.05, 0.1) is 0 Å². The average molecular weight is 251 g/mol. The molecule has 0 saturated carbocycles. The normalized spacial score (nSPS) is 11.7. The van der Waals surface area contributed by atoms with Gasteiger partial charge in [0.2, 0.25) is 4.96 Å². The first-order valence-electron chi connectivity index (χ1n) is 4.21. The van der Waals surface area contributed by atoms with Gasteiger partial charge in [-0.25, -0.2) is 0 Å². The van der Waals surface area contributed by atoms with Crippen molar-refractivity contribution in [3.8, 4) is 0 Å². The van der Waals surface area contributed by atoms with E-state index in [0.717, 1.165) is 23.6 Å². The molecule has 0 fully saturated rings. The summed E-state index contributed by atoms with van der Waals surface area (Å²) in [5, 5.41) is 12.9. The van der Waals surface area contributed by atoms with Gasteiger partial charge in [0, 0.05) is 6.42 Å². The quantitative estimate of drug-likeness (QED) is 0.787. The lowest BCUT2D eigenvalue weighted by Gasteiger charge is -1.92. The highest BCUT2D eigenvalue weighted by Gasteiger charge is 2.14. The van der Waals surface area contributed by atoms with E-state index in [4.69, 9.17) is 23.2 Å². The number of aryl methyl sites for hydroxylation is 1. The molecule has 0 spiro atoms. The molecule has 76 valence electrons. The number of hydrogen-bond donors (Lipinski definition) is 0. The van der Waals surface area contributed by atoms with Crippen LogP contribution in [0.4, 0.5) is 0 Å². The van der Waals surface area contributed by atoms with E-state index >= 15 is 0 Å². The summed E-state index contributed by atoms with van der Waals surface area (Å²) in [6, 6.07) is 0. The van der Waals surface area contributed by atoms with Crippen molar-refractivity contribution in [1.82, 2.24) is 19.8 Å². The van der Waals surface area contributed by atoms with E-state index in [-0.39, 0.29) is 0 Å². The molecule has 0 saturated heterocycles. The molecule has 14 heavy (non-hydrogen) atoms. The van der Waals surface area contributed by atoms with Crippen LogP contribution >= 0.6 is 34.5 Å². The van der Waals surface area contributed by atoms with Gasteiger partial charge in [-0.15, -0.1) is 10.2 Å². The van der Waals surface area contributed by atoms with Crippen LogP contribution in [-0.4, -0.2) is 19.8 Å². The molecule has 0 aliphatic rings. The monoisotopic (exact) mass is 250 g/mol. The predicted molar refractivity (Wildman–Crippen MR) is 57.1 cm³/mol. The van der Waals surface area contributed by atoms with E-state index in [1.807, 2.05) is 0 Å². The number of rotatable bonds is 3. The van der Waals surface area contributed by atoms with E-state index in [2.05, 4.69) is 22.2 Å². The Bertz CT molecular complexity index is 436. The Labute approximate surface area is 94.9 Å². The lowest BCUT2D eigenvalue weighted by atomic mass is 10.3. The van der Waals surface area contributed by atoms with Crippen LogP contribution in [0.5, 0.6) is 0 Å². The Morgan fingerprint density at radius 3 is 2.86 bits per heavy atom. The molecule has 0 bridgehead atoms. The van der Waals surface area contributed by atoms with Crippen molar-refractivity contribution in [2.75, 3.05) is 0 Å². The fraction of sp³-hybridized carbons (Fsp3) is 0.571. The zero-order valence-electron chi connectivity index (χ0n) is 7.44. The standard InChI is InChI=1S/C7H8Cl2N4S/c1-2-3-4-10-11-7-13(4)12-6(14-7)5(8)9/h5H,2-3H2,1H3. The van der Waals surface area contributed by atoms with E-state index in [0.29, 0.717) is 5.01 Å². The zero-order valence-corrected chi connectivity index (χ0v) is 9.77. The minimum absolute atomic E-state index is 0.587. The maximum Gasteiger partial charge on any atom is 0.234 e. The highest BCUT2D eigenvalue weighted by atomic mass is 35.5. The summed E-state index contributed by atoms with van der Waals surface area (Å²) < 4.78 is 1.71. The zero-order chi connectivity index (χ0) is 10.1. The van der Waals surface area contributed by atoms with Gasteiger partial charge in [0.1, 0.15) is 0 Å². The summed E-state index contributed by atoms with van der Waals surface area (Å²) in [5.74, 6) is 0.860. The maximum atomic E-state index is 5.71.